The molecule has 3 rings (SSSR count). The van der Waals surface area contributed by atoms with Crippen molar-refractivity contribution in [3.05, 3.63) is 35.7 Å². The average molecular weight is 447 g/mol. The van der Waals surface area contributed by atoms with E-state index in [4.69, 9.17) is 5.73 Å². The molecule has 1 amide bonds. The molecule has 1 aliphatic heterocycles. The van der Waals surface area contributed by atoms with Crippen LogP contribution < -0.4 is 10.6 Å². The van der Waals surface area contributed by atoms with Gasteiger partial charge in [-0.05, 0) is 56.9 Å². The van der Waals surface area contributed by atoms with Gasteiger partial charge in [0.15, 0.2) is 0 Å². The number of piperidine rings is 1. The summed E-state index contributed by atoms with van der Waals surface area (Å²) in [4.78, 5) is 15.1. The second kappa shape index (κ2) is 8.74. The van der Waals surface area contributed by atoms with Crippen LogP contribution in [0.4, 0.5) is 5.69 Å². The molecular weight excluding hydrogens is 412 g/mol. The van der Waals surface area contributed by atoms with E-state index in [2.05, 4.69) is 5.10 Å². The van der Waals surface area contributed by atoms with Crippen LogP contribution in [0.25, 0.3) is 0 Å². The van der Waals surface area contributed by atoms with E-state index in [0.29, 0.717) is 42.2 Å². The molecule has 0 saturated carbocycles. The van der Waals surface area contributed by atoms with Crippen LogP contribution in [0.5, 0.6) is 0 Å². The summed E-state index contributed by atoms with van der Waals surface area (Å²) in [5.74, 6) is 0.0769. The Labute approximate surface area is 185 Å². The maximum atomic E-state index is 13.6. The Morgan fingerprint density at radius 2 is 1.81 bits per heavy atom. The Kier molecular flexibility index (Phi) is 6.62. The van der Waals surface area contributed by atoms with Gasteiger partial charge in [0.05, 0.1) is 22.8 Å². The summed E-state index contributed by atoms with van der Waals surface area (Å²) in [6.45, 7) is 10.7. The number of nitrogens with two attached hydrogens (primary N) is 1. The number of aromatic nitrogens is 2. The van der Waals surface area contributed by atoms with Crippen LogP contribution in [0.3, 0.4) is 0 Å². The molecule has 1 atom stereocenters. The molecule has 1 aliphatic rings. The molecule has 2 N–H and O–H groups in total. The number of nitrogens with zero attached hydrogens (tertiary/aromatic N) is 3. The highest BCUT2D eigenvalue weighted by Gasteiger charge is 2.36. The van der Waals surface area contributed by atoms with Gasteiger partial charge in [0.25, 0.3) is 0 Å². The number of hydrogen-bond acceptors (Lipinski definition) is 5. The van der Waals surface area contributed by atoms with Gasteiger partial charge in [-0.1, -0.05) is 27.7 Å². The van der Waals surface area contributed by atoms with Gasteiger partial charge < -0.3 is 10.6 Å². The highest BCUT2D eigenvalue weighted by Crippen LogP contribution is 2.34. The highest BCUT2D eigenvalue weighted by atomic mass is 32.2. The van der Waals surface area contributed by atoms with Gasteiger partial charge in [-0.2, -0.15) is 5.10 Å². The molecule has 1 aromatic heterocycles. The first-order valence-corrected chi connectivity index (χ1v) is 12.5. The van der Waals surface area contributed by atoms with E-state index >= 15 is 0 Å². The molecular formula is C23H34N4O3S. The lowest BCUT2D eigenvalue weighted by Gasteiger charge is -2.37. The zero-order chi connectivity index (χ0) is 23.0. The molecule has 8 heteroatoms. The van der Waals surface area contributed by atoms with E-state index < -0.39 is 15.3 Å². The van der Waals surface area contributed by atoms with Crippen LogP contribution in [0.2, 0.25) is 0 Å². The molecule has 0 radical (unpaired) electrons. The molecule has 1 saturated heterocycles. The Bertz CT molecular complexity index is 1050. The van der Waals surface area contributed by atoms with Crippen molar-refractivity contribution in [2.45, 2.75) is 82.7 Å². The van der Waals surface area contributed by atoms with Gasteiger partial charge in [0.2, 0.25) is 15.7 Å². The van der Waals surface area contributed by atoms with E-state index in [1.54, 1.807) is 33.8 Å². The summed E-state index contributed by atoms with van der Waals surface area (Å²) < 4.78 is 28.9. The van der Waals surface area contributed by atoms with Gasteiger partial charge in [-0.3, -0.25) is 9.48 Å². The summed E-state index contributed by atoms with van der Waals surface area (Å²) in [6, 6.07) is 6.53. The fourth-order valence-corrected chi connectivity index (χ4v) is 6.05. The Balaban J connectivity index is 2.00. The van der Waals surface area contributed by atoms with Gasteiger partial charge in [-0.25, -0.2) is 8.42 Å². The number of carbonyl (C=O) groups is 1. The summed E-state index contributed by atoms with van der Waals surface area (Å²) in [7, 11) is -3.75. The molecule has 7 nitrogen and oxygen atoms in total. The lowest BCUT2D eigenvalue weighted by molar-refractivity contribution is -0.128. The van der Waals surface area contributed by atoms with E-state index in [-0.39, 0.29) is 16.8 Å². The van der Waals surface area contributed by atoms with Gasteiger partial charge in [0, 0.05) is 23.7 Å². The number of anilines is 1. The lowest BCUT2D eigenvalue weighted by atomic mass is 9.83. The number of hydrogen-bond donors (Lipinski definition) is 1. The van der Waals surface area contributed by atoms with Crippen molar-refractivity contribution in [1.29, 1.82) is 0 Å². The molecule has 0 bridgehead atoms. The average Bonchev–Trinajstić information content (AvgIpc) is 3.07. The Hall–Kier alpha value is -2.19. The van der Waals surface area contributed by atoms with Crippen LogP contribution in [-0.4, -0.2) is 36.7 Å². The number of amides is 1. The summed E-state index contributed by atoms with van der Waals surface area (Å²) in [5.41, 5.74) is 7.53. The number of aryl methyl sites for hydroxylation is 1. The fourth-order valence-electron chi connectivity index (χ4n) is 4.27. The van der Waals surface area contributed by atoms with Gasteiger partial charge in [0.1, 0.15) is 4.90 Å². The molecule has 1 fully saturated rings. The maximum Gasteiger partial charge on any atom is 0.232 e. The number of sulfone groups is 1. The Morgan fingerprint density at radius 1 is 1.16 bits per heavy atom. The number of rotatable bonds is 7. The van der Waals surface area contributed by atoms with Crippen molar-refractivity contribution in [3.63, 3.8) is 0 Å². The maximum absolute atomic E-state index is 13.6. The summed E-state index contributed by atoms with van der Waals surface area (Å²) in [5, 5.41) is 4.55. The highest BCUT2D eigenvalue weighted by molar-refractivity contribution is 7.91. The fraction of sp³-hybridized carbons (Fsp3) is 0.565. The molecule has 2 aromatic rings. The third-order valence-electron chi connectivity index (χ3n) is 5.94. The minimum atomic E-state index is -3.75. The predicted molar refractivity (Wildman–Crippen MR) is 122 cm³/mol. The molecule has 1 aromatic carbocycles. The van der Waals surface area contributed by atoms with E-state index in [1.165, 1.54) is 0 Å². The smallest absolute Gasteiger partial charge is 0.232 e. The number of carbonyl (C=O) groups excluding carboxylic acids is 1. The largest absolute Gasteiger partial charge is 0.326 e. The van der Waals surface area contributed by atoms with Crippen molar-refractivity contribution >= 4 is 21.4 Å². The van der Waals surface area contributed by atoms with Crippen LogP contribution in [0, 0.1) is 5.41 Å². The molecule has 2 heterocycles. The van der Waals surface area contributed by atoms with Crippen molar-refractivity contribution < 1.29 is 13.2 Å². The van der Waals surface area contributed by atoms with Gasteiger partial charge in [-0.15, -0.1) is 0 Å². The second-order valence-electron chi connectivity index (χ2n) is 9.03. The minimum Gasteiger partial charge on any atom is -0.326 e. The zero-order valence-corrected chi connectivity index (χ0v) is 20.0. The molecule has 0 spiro atoms. The van der Waals surface area contributed by atoms with E-state index in [9.17, 15) is 13.2 Å². The van der Waals surface area contributed by atoms with Crippen molar-refractivity contribution in [1.82, 2.24) is 9.78 Å². The standard InChI is InChI=1S/C23H34N4O3S/c1-6-19-21(20(7-2)27(25-19)15-16(3)24)31(29,30)18-11-9-17(10-12-18)26-14-8-13-23(4,5)22(26)28/h9-12,16H,6-8,13-15,24H2,1-5H3/t16-/m0/s1. The molecule has 0 unspecified atom stereocenters. The van der Waals surface area contributed by atoms with Crippen LogP contribution in [-0.2, 0) is 34.0 Å². The summed E-state index contributed by atoms with van der Waals surface area (Å²) >= 11 is 0. The zero-order valence-electron chi connectivity index (χ0n) is 19.2. The first-order valence-electron chi connectivity index (χ1n) is 11.0. The van der Waals surface area contributed by atoms with Crippen LogP contribution in [0.15, 0.2) is 34.1 Å². The van der Waals surface area contributed by atoms with Crippen LogP contribution in [0.1, 0.15) is 58.8 Å². The lowest BCUT2D eigenvalue weighted by Crippen LogP contribution is -2.46. The van der Waals surface area contributed by atoms with Crippen molar-refractivity contribution in [2.24, 2.45) is 11.1 Å². The van der Waals surface area contributed by atoms with Crippen LogP contribution >= 0.6 is 0 Å². The minimum absolute atomic E-state index is 0.0769. The topological polar surface area (TPSA) is 98.3 Å². The molecule has 0 aliphatic carbocycles. The first kappa shape index (κ1) is 23.5. The normalized spacial score (nSPS) is 17.7. The third-order valence-corrected chi connectivity index (χ3v) is 7.84. The molecule has 170 valence electrons. The second-order valence-corrected chi connectivity index (χ2v) is 10.9. The number of benzene rings is 1. The monoisotopic (exact) mass is 446 g/mol. The summed E-state index contributed by atoms with van der Waals surface area (Å²) in [6.07, 6.45) is 2.85. The Morgan fingerprint density at radius 3 is 2.35 bits per heavy atom. The van der Waals surface area contributed by atoms with E-state index in [1.807, 2.05) is 34.6 Å². The third kappa shape index (κ3) is 4.41. The molecule has 31 heavy (non-hydrogen) atoms. The van der Waals surface area contributed by atoms with Crippen molar-refractivity contribution in [3.8, 4) is 0 Å². The van der Waals surface area contributed by atoms with E-state index in [0.717, 1.165) is 18.5 Å². The quantitative estimate of drug-likeness (QED) is 0.703. The predicted octanol–water partition coefficient (Wildman–Crippen LogP) is 3.34. The van der Waals surface area contributed by atoms with Gasteiger partial charge >= 0.3 is 0 Å². The SMILES string of the molecule is CCc1nn(C[C@H](C)N)c(CC)c1S(=O)(=O)c1ccc(N2CCCC(C)(C)C2=O)cc1. The van der Waals surface area contributed by atoms with Crippen molar-refractivity contribution in [2.75, 3.05) is 11.4 Å². The first-order chi connectivity index (χ1) is 14.5.